The van der Waals surface area contributed by atoms with Gasteiger partial charge in [0.25, 0.3) is 5.91 Å². The van der Waals surface area contributed by atoms with Gasteiger partial charge in [-0.25, -0.2) is 9.37 Å². The summed E-state index contributed by atoms with van der Waals surface area (Å²) < 4.78 is 12.9. The van der Waals surface area contributed by atoms with E-state index < -0.39 is 11.7 Å². The van der Waals surface area contributed by atoms with E-state index in [2.05, 4.69) is 10.3 Å². The lowest BCUT2D eigenvalue weighted by Crippen LogP contribution is -2.15. The number of nitrogens with one attached hydrogen (secondary N) is 1. The molecule has 1 aromatic carbocycles. The van der Waals surface area contributed by atoms with Crippen LogP contribution >= 0.6 is 11.3 Å². The standard InChI is InChI=1S/C12H10FN3O2S/c13-8-3-1-2-7(4-8)5-10(17)16-12-15-9(6-19-12)11(14)18/h1-4,6H,5H2,(H2,14,18)(H,15,16,17). The number of thiazole rings is 1. The Morgan fingerprint density at radius 2 is 2.21 bits per heavy atom. The van der Waals surface area contributed by atoms with Gasteiger partial charge in [0.05, 0.1) is 6.42 Å². The Balaban J connectivity index is 1.99. The molecular weight excluding hydrogens is 269 g/mol. The molecule has 1 heterocycles. The maximum atomic E-state index is 12.9. The molecule has 98 valence electrons. The summed E-state index contributed by atoms with van der Waals surface area (Å²) in [6, 6.07) is 5.78. The Morgan fingerprint density at radius 1 is 1.42 bits per heavy atom. The third-order valence-corrected chi connectivity index (χ3v) is 3.01. The molecular formula is C12H10FN3O2S. The predicted molar refractivity (Wildman–Crippen MR) is 69.4 cm³/mol. The monoisotopic (exact) mass is 279 g/mol. The number of carbonyl (C=O) groups is 2. The van der Waals surface area contributed by atoms with Crippen molar-refractivity contribution in [1.82, 2.24) is 4.98 Å². The highest BCUT2D eigenvalue weighted by Gasteiger charge is 2.10. The van der Waals surface area contributed by atoms with E-state index in [9.17, 15) is 14.0 Å². The minimum absolute atomic E-state index is 0.0310. The molecule has 0 radical (unpaired) electrons. The number of nitrogens with two attached hydrogens (primary N) is 1. The van der Waals surface area contributed by atoms with Gasteiger partial charge in [0.1, 0.15) is 11.5 Å². The van der Waals surface area contributed by atoms with E-state index in [-0.39, 0.29) is 23.2 Å². The van der Waals surface area contributed by atoms with E-state index >= 15 is 0 Å². The summed E-state index contributed by atoms with van der Waals surface area (Å²) in [6.45, 7) is 0. The highest BCUT2D eigenvalue weighted by molar-refractivity contribution is 7.14. The lowest BCUT2D eigenvalue weighted by Gasteiger charge is -2.02. The SMILES string of the molecule is NC(=O)c1csc(NC(=O)Cc2cccc(F)c2)n1. The molecule has 0 saturated carbocycles. The molecule has 5 nitrogen and oxygen atoms in total. The summed E-state index contributed by atoms with van der Waals surface area (Å²) in [5.74, 6) is -1.38. The second kappa shape index (κ2) is 5.57. The van der Waals surface area contributed by atoms with Crippen LogP contribution in [0.2, 0.25) is 0 Å². The van der Waals surface area contributed by atoms with Crippen molar-refractivity contribution in [1.29, 1.82) is 0 Å². The van der Waals surface area contributed by atoms with Gasteiger partial charge in [0.15, 0.2) is 5.13 Å². The average Bonchev–Trinajstić information content (AvgIpc) is 2.77. The highest BCUT2D eigenvalue weighted by atomic mass is 32.1. The molecule has 0 aliphatic carbocycles. The molecule has 1 aromatic heterocycles. The van der Waals surface area contributed by atoms with Gasteiger partial charge in [-0.1, -0.05) is 12.1 Å². The number of primary amides is 1. The summed E-state index contributed by atoms with van der Waals surface area (Å²) in [4.78, 5) is 26.4. The first kappa shape index (κ1) is 13.2. The van der Waals surface area contributed by atoms with Crippen molar-refractivity contribution >= 4 is 28.3 Å². The predicted octanol–water partition coefficient (Wildman–Crippen LogP) is 1.56. The molecule has 7 heteroatoms. The number of anilines is 1. The highest BCUT2D eigenvalue weighted by Crippen LogP contribution is 2.15. The molecule has 0 bridgehead atoms. The van der Waals surface area contributed by atoms with Crippen molar-refractivity contribution in [2.24, 2.45) is 5.73 Å². The van der Waals surface area contributed by atoms with Crippen molar-refractivity contribution in [2.45, 2.75) is 6.42 Å². The zero-order valence-corrected chi connectivity index (χ0v) is 10.5. The number of nitrogens with zero attached hydrogens (tertiary/aromatic N) is 1. The molecule has 0 spiro atoms. The Bertz CT molecular complexity index is 627. The van der Waals surface area contributed by atoms with Crippen LogP contribution in [0.1, 0.15) is 16.1 Å². The number of benzene rings is 1. The second-order valence-electron chi connectivity index (χ2n) is 3.76. The van der Waals surface area contributed by atoms with Crippen LogP contribution < -0.4 is 11.1 Å². The molecule has 0 fully saturated rings. The largest absolute Gasteiger partial charge is 0.364 e. The number of carbonyl (C=O) groups excluding carboxylic acids is 2. The van der Waals surface area contributed by atoms with Gasteiger partial charge in [0, 0.05) is 5.38 Å². The zero-order chi connectivity index (χ0) is 13.8. The van der Waals surface area contributed by atoms with E-state index in [0.717, 1.165) is 11.3 Å². The number of halogens is 1. The molecule has 0 saturated heterocycles. The third-order valence-electron chi connectivity index (χ3n) is 2.26. The first-order chi connectivity index (χ1) is 9.04. The zero-order valence-electron chi connectivity index (χ0n) is 9.72. The molecule has 2 amide bonds. The van der Waals surface area contributed by atoms with E-state index in [1.165, 1.54) is 23.6 Å². The van der Waals surface area contributed by atoms with Crippen LogP contribution in [0.25, 0.3) is 0 Å². The van der Waals surface area contributed by atoms with Gasteiger partial charge in [-0.2, -0.15) is 0 Å². The second-order valence-corrected chi connectivity index (χ2v) is 4.62. The van der Waals surface area contributed by atoms with Gasteiger partial charge in [-0.05, 0) is 17.7 Å². The number of aromatic nitrogens is 1. The summed E-state index contributed by atoms with van der Waals surface area (Å²) in [5, 5.41) is 4.27. The number of amides is 2. The van der Waals surface area contributed by atoms with Crippen LogP contribution in [0.5, 0.6) is 0 Å². The molecule has 3 N–H and O–H groups in total. The normalized spacial score (nSPS) is 10.2. The van der Waals surface area contributed by atoms with Crippen molar-refractivity contribution in [2.75, 3.05) is 5.32 Å². The van der Waals surface area contributed by atoms with Crippen LogP contribution in [0.3, 0.4) is 0 Å². The number of rotatable bonds is 4. The lowest BCUT2D eigenvalue weighted by atomic mass is 10.1. The first-order valence-corrected chi connectivity index (χ1v) is 6.22. The Morgan fingerprint density at radius 3 is 2.84 bits per heavy atom. The van der Waals surface area contributed by atoms with Crippen molar-refractivity contribution in [3.8, 4) is 0 Å². The van der Waals surface area contributed by atoms with Gasteiger partial charge in [-0.3, -0.25) is 9.59 Å². The lowest BCUT2D eigenvalue weighted by molar-refractivity contribution is -0.115. The van der Waals surface area contributed by atoms with Crippen LogP contribution in [0.4, 0.5) is 9.52 Å². The third kappa shape index (κ3) is 3.59. The molecule has 2 rings (SSSR count). The molecule has 0 aliphatic rings. The maximum absolute atomic E-state index is 12.9. The number of hydrogen-bond donors (Lipinski definition) is 2. The van der Waals surface area contributed by atoms with E-state index in [0.29, 0.717) is 5.56 Å². The Labute approximate surface area is 112 Å². The average molecular weight is 279 g/mol. The number of hydrogen-bond acceptors (Lipinski definition) is 4. The van der Waals surface area contributed by atoms with Gasteiger partial charge >= 0.3 is 0 Å². The molecule has 19 heavy (non-hydrogen) atoms. The quantitative estimate of drug-likeness (QED) is 0.890. The van der Waals surface area contributed by atoms with Crippen molar-refractivity contribution < 1.29 is 14.0 Å². The topological polar surface area (TPSA) is 85.1 Å². The Kier molecular flexibility index (Phi) is 3.86. The van der Waals surface area contributed by atoms with Crippen LogP contribution in [0.15, 0.2) is 29.6 Å². The maximum Gasteiger partial charge on any atom is 0.268 e. The van der Waals surface area contributed by atoms with Crippen molar-refractivity contribution in [3.05, 3.63) is 46.7 Å². The van der Waals surface area contributed by atoms with E-state index in [4.69, 9.17) is 5.73 Å². The molecule has 0 atom stereocenters. The smallest absolute Gasteiger partial charge is 0.268 e. The summed E-state index contributed by atoms with van der Waals surface area (Å²) in [5.41, 5.74) is 5.71. The van der Waals surface area contributed by atoms with Gasteiger partial charge in [0.2, 0.25) is 5.91 Å². The van der Waals surface area contributed by atoms with Gasteiger partial charge < -0.3 is 11.1 Å². The molecule has 0 unspecified atom stereocenters. The van der Waals surface area contributed by atoms with Crippen molar-refractivity contribution in [3.63, 3.8) is 0 Å². The van der Waals surface area contributed by atoms with E-state index in [1.54, 1.807) is 6.07 Å². The fourth-order valence-electron chi connectivity index (χ4n) is 1.44. The Hall–Kier alpha value is -2.28. The van der Waals surface area contributed by atoms with Crippen LogP contribution in [0, 0.1) is 5.82 Å². The first-order valence-electron chi connectivity index (χ1n) is 5.34. The van der Waals surface area contributed by atoms with Crippen LogP contribution in [-0.4, -0.2) is 16.8 Å². The summed E-state index contributed by atoms with van der Waals surface area (Å²) >= 11 is 1.10. The summed E-state index contributed by atoms with van der Waals surface area (Å²) in [6.07, 6.45) is 0.0310. The van der Waals surface area contributed by atoms with Crippen LogP contribution in [-0.2, 0) is 11.2 Å². The fraction of sp³-hybridized carbons (Fsp3) is 0.0833. The molecule has 2 aromatic rings. The summed E-state index contributed by atoms with van der Waals surface area (Å²) in [7, 11) is 0. The van der Waals surface area contributed by atoms with E-state index in [1.807, 2.05) is 0 Å². The molecule has 0 aliphatic heterocycles. The van der Waals surface area contributed by atoms with Gasteiger partial charge in [-0.15, -0.1) is 11.3 Å². The minimum Gasteiger partial charge on any atom is -0.364 e. The fourth-order valence-corrected chi connectivity index (χ4v) is 2.16. The minimum atomic E-state index is -0.651.